The van der Waals surface area contributed by atoms with E-state index in [0.717, 1.165) is 50.1 Å². The highest BCUT2D eigenvalue weighted by Gasteiger charge is 2.49. The van der Waals surface area contributed by atoms with Gasteiger partial charge in [0.1, 0.15) is 26.6 Å². The highest BCUT2D eigenvalue weighted by atomic mass is 79.9. The summed E-state index contributed by atoms with van der Waals surface area (Å²) in [6.45, 7) is 11.0. The van der Waals surface area contributed by atoms with E-state index in [-0.39, 0.29) is 22.8 Å². The van der Waals surface area contributed by atoms with Gasteiger partial charge in [0, 0.05) is 5.56 Å². The van der Waals surface area contributed by atoms with Gasteiger partial charge in [-0.2, -0.15) is 0 Å². The Morgan fingerprint density at radius 3 is 2.05 bits per heavy atom. The maximum absolute atomic E-state index is 12.7. The van der Waals surface area contributed by atoms with Crippen molar-refractivity contribution in [3.05, 3.63) is 34.9 Å². The zero-order valence-corrected chi connectivity index (χ0v) is 14.8. The molecule has 0 amide bonds. The summed E-state index contributed by atoms with van der Waals surface area (Å²) in [5, 5.41) is 0. The Labute approximate surface area is 142 Å². The minimum absolute atomic E-state index is 0. The third-order valence-corrected chi connectivity index (χ3v) is 5.01. The number of hydrogen-bond donors (Lipinski definition) is 0. The molecule has 0 atom stereocenters. The zero-order valence-electron chi connectivity index (χ0n) is 13.3. The maximum Gasteiger partial charge on any atom is 0.217 e. The summed E-state index contributed by atoms with van der Waals surface area (Å²) in [6, 6.07) is 6.09. The molecule has 5 nitrogen and oxygen atoms in total. The molecule has 120 valence electrons. The first-order valence-corrected chi connectivity index (χ1v) is 7.66. The smallest absolute Gasteiger partial charge is 0.217 e. The van der Waals surface area contributed by atoms with Crippen LogP contribution in [0.3, 0.4) is 0 Å². The lowest BCUT2D eigenvalue weighted by atomic mass is 10.0. The van der Waals surface area contributed by atoms with Gasteiger partial charge in [-0.1, -0.05) is 12.1 Å². The van der Waals surface area contributed by atoms with Crippen LogP contribution in [-0.2, 0) is 0 Å². The van der Waals surface area contributed by atoms with Crippen LogP contribution in [0, 0.1) is 13.8 Å². The first kappa shape index (κ1) is 16.1. The average Bonchev–Trinajstić information content (AvgIpc) is 2.39. The first-order chi connectivity index (χ1) is 10.0. The lowest BCUT2D eigenvalue weighted by Crippen LogP contribution is -3.00. The molecule has 0 saturated carbocycles. The number of ketones is 1. The van der Waals surface area contributed by atoms with Gasteiger partial charge in [0.25, 0.3) is 0 Å². The van der Waals surface area contributed by atoms with E-state index in [2.05, 4.69) is 34.6 Å². The van der Waals surface area contributed by atoms with Crippen molar-refractivity contribution >= 4 is 5.78 Å². The van der Waals surface area contributed by atoms with Crippen molar-refractivity contribution in [2.45, 2.75) is 13.8 Å². The number of benzene rings is 1. The molecule has 4 aliphatic heterocycles. The second-order valence-electron chi connectivity index (χ2n) is 7.08. The van der Waals surface area contributed by atoms with Gasteiger partial charge < -0.3 is 17.0 Å². The van der Waals surface area contributed by atoms with Crippen molar-refractivity contribution in [2.24, 2.45) is 0 Å². The fourth-order valence-corrected chi connectivity index (χ4v) is 4.12. The van der Waals surface area contributed by atoms with Gasteiger partial charge in [0.15, 0.2) is 0 Å². The fraction of sp³-hybridized carbons (Fsp3) is 0.562. The number of aryl methyl sites for hydroxylation is 2. The summed E-state index contributed by atoms with van der Waals surface area (Å²) >= 11 is 0. The molecule has 0 spiro atoms. The number of halogens is 1. The second kappa shape index (κ2) is 5.69. The Hall–Kier alpha value is -0.790. The molecule has 4 saturated heterocycles. The Bertz CT molecular complexity index is 569. The van der Waals surface area contributed by atoms with Crippen molar-refractivity contribution in [1.82, 2.24) is 14.7 Å². The lowest BCUT2D eigenvalue weighted by molar-refractivity contribution is -0.973. The quantitative estimate of drug-likeness (QED) is 0.456. The molecule has 1 aromatic rings. The average molecular weight is 367 g/mol. The highest BCUT2D eigenvalue weighted by Crippen LogP contribution is 2.29. The van der Waals surface area contributed by atoms with Gasteiger partial charge >= 0.3 is 0 Å². The van der Waals surface area contributed by atoms with Crippen LogP contribution in [0.5, 0.6) is 0 Å². The third-order valence-electron chi connectivity index (χ3n) is 5.01. The Morgan fingerprint density at radius 1 is 1.00 bits per heavy atom. The number of hydrogen-bond acceptors (Lipinski definition) is 4. The van der Waals surface area contributed by atoms with E-state index in [9.17, 15) is 4.79 Å². The van der Waals surface area contributed by atoms with Gasteiger partial charge in [0.2, 0.25) is 5.78 Å². The Balaban J connectivity index is 0.00000144. The van der Waals surface area contributed by atoms with Crippen molar-refractivity contribution in [3.8, 4) is 0 Å². The number of rotatable bonds is 3. The van der Waals surface area contributed by atoms with Gasteiger partial charge in [-0.05, 0) is 31.0 Å². The summed E-state index contributed by atoms with van der Waals surface area (Å²) in [5.41, 5.74) is 3.32. The Morgan fingerprint density at radius 2 is 1.55 bits per heavy atom. The van der Waals surface area contributed by atoms with E-state index in [1.807, 2.05) is 12.1 Å². The molecule has 0 aromatic heterocycles. The summed E-state index contributed by atoms with van der Waals surface area (Å²) in [6.07, 6.45) is 0. The van der Waals surface area contributed by atoms with Gasteiger partial charge in [-0.15, -0.1) is 0 Å². The van der Waals surface area contributed by atoms with E-state index in [1.165, 1.54) is 11.1 Å². The molecule has 4 bridgehead atoms. The first-order valence-electron chi connectivity index (χ1n) is 7.66. The van der Waals surface area contributed by atoms with Crippen LogP contribution in [0.4, 0.5) is 0 Å². The van der Waals surface area contributed by atoms with E-state index in [0.29, 0.717) is 6.54 Å². The molecular weight excluding hydrogens is 344 g/mol. The van der Waals surface area contributed by atoms with Crippen LogP contribution in [-0.4, -0.2) is 71.5 Å². The molecule has 6 heteroatoms. The number of quaternary nitrogens is 1. The number of nitrogens with zero attached hydrogens (tertiary/aromatic N) is 4. The molecule has 0 unspecified atom stereocenters. The predicted octanol–water partition coefficient (Wildman–Crippen LogP) is -2.00. The second-order valence-corrected chi connectivity index (χ2v) is 7.08. The monoisotopic (exact) mass is 366 g/mol. The van der Waals surface area contributed by atoms with Crippen LogP contribution in [0.1, 0.15) is 21.5 Å². The molecule has 1 aromatic carbocycles. The number of Topliss-reactive ketones (excluding diaryl/α,β-unsaturated/α-hetero) is 1. The lowest BCUT2D eigenvalue weighted by Gasteiger charge is -2.60. The van der Waals surface area contributed by atoms with Crippen LogP contribution in [0.25, 0.3) is 0 Å². The molecule has 4 heterocycles. The zero-order chi connectivity index (χ0) is 14.6. The summed E-state index contributed by atoms with van der Waals surface area (Å²) in [7, 11) is 0. The highest BCUT2D eigenvalue weighted by molar-refractivity contribution is 5.97. The third kappa shape index (κ3) is 2.74. The molecule has 0 radical (unpaired) electrons. The molecule has 0 aliphatic carbocycles. The largest absolute Gasteiger partial charge is 1.00 e. The normalized spacial score (nSPS) is 35.3. The van der Waals surface area contributed by atoms with Crippen LogP contribution >= 0.6 is 0 Å². The predicted molar refractivity (Wildman–Crippen MR) is 80.1 cm³/mol. The molecular formula is C16H23BrN4O. The van der Waals surface area contributed by atoms with E-state index in [1.54, 1.807) is 0 Å². The molecule has 4 aliphatic rings. The maximum atomic E-state index is 12.7. The van der Waals surface area contributed by atoms with Crippen molar-refractivity contribution < 1.29 is 26.3 Å². The fourth-order valence-electron chi connectivity index (χ4n) is 4.12. The molecule has 0 N–H and O–H groups in total. The molecule has 5 rings (SSSR count). The summed E-state index contributed by atoms with van der Waals surface area (Å²) in [5.74, 6) is 0.281. The van der Waals surface area contributed by atoms with Crippen LogP contribution in [0.15, 0.2) is 18.2 Å². The van der Waals surface area contributed by atoms with Gasteiger partial charge in [-0.3, -0.25) is 9.28 Å². The van der Waals surface area contributed by atoms with Crippen molar-refractivity contribution in [3.63, 3.8) is 0 Å². The van der Waals surface area contributed by atoms with Gasteiger partial charge in [0.05, 0.1) is 20.0 Å². The summed E-state index contributed by atoms with van der Waals surface area (Å²) < 4.78 is 0.881. The molecule has 4 fully saturated rings. The minimum Gasteiger partial charge on any atom is -1.00 e. The van der Waals surface area contributed by atoms with Crippen LogP contribution in [0.2, 0.25) is 0 Å². The van der Waals surface area contributed by atoms with Crippen molar-refractivity contribution in [1.29, 1.82) is 0 Å². The number of carbonyl (C=O) groups excluding carboxylic acids is 1. The standard InChI is InChI=1S/C16H23N4O.BrH/c1-13-3-4-15(5-14(13)2)16(21)6-20-10-17-7-18(11-20)9-19(8-17)12-20;/h3-5H,6-12H2,1-2H3;1H/q+1;/p-1. The number of carbonyl (C=O) groups is 1. The minimum atomic E-state index is 0. The molecule has 22 heavy (non-hydrogen) atoms. The van der Waals surface area contributed by atoms with E-state index < -0.39 is 0 Å². The van der Waals surface area contributed by atoms with Gasteiger partial charge in [-0.25, -0.2) is 14.7 Å². The topological polar surface area (TPSA) is 26.8 Å². The van der Waals surface area contributed by atoms with E-state index >= 15 is 0 Å². The SMILES string of the molecule is Cc1ccc(C(=O)C[N+]23CN4CN(CN(C4)C2)C3)cc1C.[Br-]. The van der Waals surface area contributed by atoms with Crippen molar-refractivity contribution in [2.75, 3.05) is 46.6 Å². The van der Waals surface area contributed by atoms with Crippen LogP contribution < -0.4 is 17.0 Å². The van der Waals surface area contributed by atoms with E-state index in [4.69, 9.17) is 0 Å². The summed E-state index contributed by atoms with van der Waals surface area (Å²) in [4.78, 5) is 20.1. The Kier molecular flexibility index (Phi) is 4.16.